The Kier molecular flexibility index (Phi) is 7.37. The normalized spacial score (nSPS) is 13.8. The highest BCUT2D eigenvalue weighted by Gasteiger charge is 2.28. The van der Waals surface area contributed by atoms with Gasteiger partial charge in [-0.2, -0.15) is 0 Å². The van der Waals surface area contributed by atoms with Crippen molar-refractivity contribution >= 4 is 11.9 Å². The average molecular weight is 364 g/mol. The molecule has 0 saturated heterocycles. The molecule has 3 N–H and O–H groups in total. The van der Waals surface area contributed by atoms with Crippen molar-refractivity contribution in [2.24, 2.45) is 10.9 Å². The summed E-state index contributed by atoms with van der Waals surface area (Å²) in [7, 11) is 6.45. The van der Waals surface area contributed by atoms with Crippen molar-refractivity contribution in [1.82, 2.24) is 16.0 Å². The van der Waals surface area contributed by atoms with Gasteiger partial charge in [0.1, 0.15) is 0 Å². The molecule has 1 amide bonds. The molecule has 1 aromatic carbocycles. The molecular weight excluding hydrogens is 336 g/mol. The molecule has 0 aliphatic heterocycles. The van der Waals surface area contributed by atoms with Gasteiger partial charge in [-0.3, -0.25) is 9.79 Å². The molecule has 1 saturated carbocycles. The molecule has 8 nitrogen and oxygen atoms in total. The first-order valence-corrected chi connectivity index (χ1v) is 8.64. The van der Waals surface area contributed by atoms with Gasteiger partial charge in [0.25, 0.3) is 0 Å². The number of rotatable bonds is 9. The molecule has 0 atom stereocenters. The summed E-state index contributed by atoms with van der Waals surface area (Å²) in [6, 6.07) is 3.77. The summed E-state index contributed by atoms with van der Waals surface area (Å²) < 4.78 is 16.0. The van der Waals surface area contributed by atoms with Crippen molar-refractivity contribution in [2.45, 2.75) is 19.4 Å². The zero-order valence-corrected chi connectivity index (χ0v) is 15.8. The van der Waals surface area contributed by atoms with Gasteiger partial charge in [0.15, 0.2) is 17.5 Å². The lowest BCUT2D eigenvalue weighted by molar-refractivity contribution is -0.122. The van der Waals surface area contributed by atoms with Crippen LogP contribution in [0.1, 0.15) is 18.4 Å². The third-order valence-corrected chi connectivity index (χ3v) is 4.07. The molecule has 1 aliphatic rings. The van der Waals surface area contributed by atoms with E-state index >= 15 is 0 Å². The Hall–Kier alpha value is -2.64. The van der Waals surface area contributed by atoms with E-state index in [2.05, 4.69) is 20.9 Å². The molecule has 26 heavy (non-hydrogen) atoms. The minimum Gasteiger partial charge on any atom is -0.493 e. The van der Waals surface area contributed by atoms with Gasteiger partial charge < -0.3 is 30.2 Å². The molecule has 8 heteroatoms. The SMILES string of the molecule is CN=C(NCCNC(=O)C1CC1)NCc1cc(OC)c(OC)c(OC)c1. The Bertz CT molecular complexity index is 619. The maximum absolute atomic E-state index is 11.6. The van der Waals surface area contributed by atoms with E-state index in [4.69, 9.17) is 14.2 Å². The Morgan fingerprint density at radius 3 is 2.15 bits per heavy atom. The quantitative estimate of drug-likeness (QED) is 0.343. The second-order valence-corrected chi connectivity index (χ2v) is 5.95. The van der Waals surface area contributed by atoms with E-state index < -0.39 is 0 Å². The minimum atomic E-state index is 0.146. The molecule has 0 heterocycles. The van der Waals surface area contributed by atoms with Crippen molar-refractivity contribution in [3.8, 4) is 17.2 Å². The first-order valence-electron chi connectivity index (χ1n) is 8.64. The first-order chi connectivity index (χ1) is 12.6. The Morgan fingerprint density at radius 2 is 1.65 bits per heavy atom. The number of hydrogen-bond acceptors (Lipinski definition) is 5. The summed E-state index contributed by atoms with van der Waals surface area (Å²) in [5.74, 6) is 2.80. The van der Waals surface area contributed by atoms with Crippen LogP contribution in [0.5, 0.6) is 17.2 Å². The highest BCUT2D eigenvalue weighted by atomic mass is 16.5. The fourth-order valence-electron chi connectivity index (χ4n) is 2.50. The smallest absolute Gasteiger partial charge is 0.223 e. The number of methoxy groups -OCH3 is 3. The van der Waals surface area contributed by atoms with Gasteiger partial charge in [0, 0.05) is 32.6 Å². The van der Waals surface area contributed by atoms with Gasteiger partial charge in [-0.05, 0) is 30.5 Å². The predicted molar refractivity (Wildman–Crippen MR) is 100 cm³/mol. The van der Waals surface area contributed by atoms with Gasteiger partial charge >= 0.3 is 0 Å². The molecular formula is C18H28N4O4. The van der Waals surface area contributed by atoms with Crippen LogP contribution in [0.4, 0.5) is 0 Å². The van der Waals surface area contributed by atoms with Gasteiger partial charge in [0.2, 0.25) is 11.7 Å². The molecule has 0 spiro atoms. The number of carbonyl (C=O) groups excluding carboxylic acids is 1. The van der Waals surface area contributed by atoms with Crippen molar-refractivity contribution in [3.05, 3.63) is 17.7 Å². The number of guanidine groups is 1. The van der Waals surface area contributed by atoms with E-state index in [-0.39, 0.29) is 11.8 Å². The summed E-state index contributed by atoms with van der Waals surface area (Å²) in [5.41, 5.74) is 0.962. The number of aliphatic imine (C=N–C) groups is 1. The molecule has 0 bridgehead atoms. The maximum atomic E-state index is 11.6. The lowest BCUT2D eigenvalue weighted by Gasteiger charge is -2.16. The van der Waals surface area contributed by atoms with Crippen molar-refractivity contribution < 1.29 is 19.0 Å². The summed E-state index contributed by atoms with van der Waals surface area (Å²) in [6.45, 7) is 1.71. The number of hydrogen-bond donors (Lipinski definition) is 3. The zero-order chi connectivity index (χ0) is 18.9. The van der Waals surface area contributed by atoms with Crippen LogP contribution in [0, 0.1) is 5.92 Å². The fourth-order valence-corrected chi connectivity index (χ4v) is 2.50. The van der Waals surface area contributed by atoms with E-state index in [1.165, 1.54) is 0 Å². The van der Waals surface area contributed by atoms with Crippen LogP contribution >= 0.6 is 0 Å². The monoisotopic (exact) mass is 364 g/mol. The molecule has 0 unspecified atom stereocenters. The van der Waals surface area contributed by atoms with Gasteiger partial charge in [-0.15, -0.1) is 0 Å². The lowest BCUT2D eigenvalue weighted by Crippen LogP contribution is -2.41. The number of amides is 1. The van der Waals surface area contributed by atoms with E-state index in [1.54, 1.807) is 28.4 Å². The van der Waals surface area contributed by atoms with Crippen molar-refractivity contribution in [1.29, 1.82) is 0 Å². The van der Waals surface area contributed by atoms with Crippen LogP contribution in [0.25, 0.3) is 0 Å². The van der Waals surface area contributed by atoms with Crippen molar-refractivity contribution in [2.75, 3.05) is 41.5 Å². The van der Waals surface area contributed by atoms with Crippen LogP contribution in [0.2, 0.25) is 0 Å². The van der Waals surface area contributed by atoms with E-state index in [9.17, 15) is 4.79 Å². The summed E-state index contributed by atoms with van der Waals surface area (Å²) in [6.07, 6.45) is 2.02. The lowest BCUT2D eigenvalue weighted by atomic mass is 10.2. The highest BCUT2D eigenvalue weighted by Crippen LogP contribution is 2.38. The summed E-state index contributed by atoms with van der Waals surface area (Å²) >= 11 is 0. The Morgan fingerprint density at radius 1 is 1.04 bits per heavy atom. The van der Waals surface area contributed by atoms with Gasteiger partial charge in [-0.25, -0.2) is 0 Å². The molecule has 0 radical (unpaired) electrons. The average Bonchev–Trinajstić information content (AvgIpc) is 3.51. The predicted octanol–water partition coefficient (Wildman–Crippen LogP) is 0.904. The van der Waals surface area contributed by atoms with Crippen LogP contribution in [0.3, 0.4) is 0 Å². The zero-order valence-electron chi connectivity index (χ0n) is 15.8. The molecule has 1 aliphatic carbocycles. The molecule has 2 rings (SSSR count). The summed E-state index contributed by atoms with van der Waals surface area (Å²) in [5, 5.41) is 9.30. The van der Waals surface area contributed by atoms with Crippen LogP contribution < -0.4 is 30.2 Å². The van der Waals surface area contributed by atoms with Crippen molar-refractivity contribution in [3.63, 3.8) is 0 Å². The Labute approximate surface area is 154 Å². The minimum absolute atomic E-state index is 0.146. The highest BCUT2D eigenvalue weighted by molar-refractivity contribution is 5.81. The standard InChI is InChI=1S/C18H28N4O4/c1-19-18(21-8-7-20-17(23)13-5-6-13)22-11-12-9-14(24-2)16(26-4)15(10-12)25-3/h9-10,13H,5-8,11H2,1-4H3,(H,20,23)(H2,19,21,22). The fraction of sp³-hybridized carbons (Fsp3) is 0.556. The number of nitrogens with one attached hydrogen (secondary N) is 3. The first kappa shape index (κ1) is 19.7. The summed E-state index contributed by atoms with van der Waals surface area (Å²) in [4.78, 5) is 15.8. The third kappa shape index (κ3) is 5.44. The Balaban J connectivity index is 1.84. The molecule has 1 aromatic rings. The molecule has 0 aromatic heterocycles. The van der Waals surface area contributed by atoms with Gasteiger partial charge in [-0.1, -0.05) is 0 Å². The van der Waals surface area contributed by atoms with Crippen LogP contribution in [-0.4, -0.2) is 53.3 Å². The third-order valence-electron chi connectivity index (χ3n) is 4.07. The number of benzene rings is 1. The van der Waals surface area contributed by atoms with Crippen LogP contribution in [-0.2, 0) is 11.3 Å². The largest absolute Gasteiger partial charge is 0.493 e. The second kappa shape index (κ2) is 9.74. The second-order valence-electron chi connectivity index (χ2n) is 5.95. The molecule has 144 valence electrons. The van der Waals surface area contributed by atoms with E-state index in [0.717, 1.165) is 18.4 Å². The van der Waals surface area contributed by atoms with E-state index in [0.29, 0.717) is 42.8 Å². The van der Waals surface area contributed by atoms with Gasteiger partial charge in [0.05, 0.1) is 21.3 Å². The number of carbonyl (C=O) groups is 1. The number of nitrogens with zero attached hydrogens (tertiary/aromatic N) is 1. The van der Waals surface area contributed by atoms with E-state index in [1.807, 2.05) is 12.1 Å². The maximum Gasteiger partial charge on any atom is 0.223 e. The topological polar surface area (TPSA) is 93.2 Å². The van der Waals surface area contributed by atoms with Crippen LogP contribution in [0.15, 0.2) is 17.1 Å². The molecule has 1 fully saturated rings. The number of ether oxygens (including phenoxy) is 3.